The molecule has 0 bridgehead atoms. The molecular formula is C18H27FN6O5. The first-order valence-electron chi connectivity index (χ1n) is 9.15. The Kier molecular flexibility index (Phi) is 9.83. The summed E-state index contributed by atoms with van der Waals surface area (Å²) in [6.45, 7) is 1.06. The van der Waals surface area contributed by atoms with E-state index in [2.05, 4.69) is 15.4 Å². The molecule has 0 spiro atoms. The number of aromatic nitrogens is 3. The number of hydrogen-bond acceptors (Lipinski definition) is 7. The molecule has 0 unspecified atom stereocenters. The predicted octanol–water partition coefficient (Wildman–Crippen LogP) is 0.291. The standard InChI is InChI=1S/C15H21FN6O.C2H2O4.CH4/c16-12-4-14(5-17)22(8-12)15(23)6-19-13-2-1-11(3-13)7-21-10-18-9-20-21;3-1(4)2(5)6;/h9-14,19H,1-4,6-8H2;(H,3,4)(H,5,6);1H4/t11-,12-,13+,14-;;/m0../s1. The Balaban J connectivity index is 0.000000567. The Hall–Kier alpha value is -3.07. The first kappa shape index (κ1) is 25.0. The highest BCUT2D eigenvalue weighted by Gasteiger charge is 2.35. The zero-order valence-corrected chi connectivity index (χ0v) is 15.6. The van der Waals surface area contributed by atoms with E-state index in [0.717, 1.165) is 25.8 Å². The van der Waals surface area contributed by atoms with E-state index < -0.39 is 24.2 Å². The molecule has 2 aliphatic rings. The van der Waals surface area contributed by atoms with Gasteiger partial charge in [0, 0.05) is 19.0 Å². The highest BCUT2D eigenvalue weighted by molar-refractivity contribution is 6.27. The topological polar surface area (TPSA) is 161 Å². The summed E-state index contributed by atoms with van der Waals surface area (Å²) in [4.78, 5) is 35.7. The molecule has 0 radical (unpaired) electrons. The van der Waals surface area contributed by atoms with Crippen molar-refractivity contribution in [2.45, 2.75) is 57.9 Å². The molecule has 2 heterocycles. The fourth-order valence-corrected chi connectivity index (χ4v) is 3.53. The molecule has 1 saturated heterocycles. The average molecular weight is 426 g/mol. The summed E-state index contributed by atoms with van der Waals surface area (Å²) in [7, 11) is 0. The molecule has 0 aromatic carbocycles. The molecule has 166 valence electrons. The van der Waals surface area contributed by atoms with E-state index in [1.165, 1.54) is 11.2 Å². The van der Waals surface area contributed by atoms with Crippen molar-refractivity contribution in [3.63, 3.8) is 0 Å². The van der Waals surface area contributed by atoms with E-state index in [0.29, 0.717) is 5.92 Å². The van der Waals surface area contributed by atoms with Gasteiger partial charge in [-0.2, -0.15) is 10.4 Å². The Bertz CT molecular complexity index is 741. The van der Waals surface area contributed by atoms with Gasteiger partial charge in [-0.1, -0.05) is 7.43 Å². The molecule has 4 atom stereocenters. The number of rotatable bonds is 5. The molecule has 2 fully saturated rings. The van der Waals surface area contributed by atoms with Gasteiger partial charge in [0.25, 0.3) is 0 Å². The van der Waals surface area contributed by atoms with E-state index in [1.807, 2.05) is 10.8 Å². The van der Waals surface area contributed by atoms with Gasteiger partial charge in [-0.25, -0.2) is 19.0 Å². The van der Waals surface area contributed by atoms with Crippen LogP contribution in [0.15, 0.2) is 12.7 Å². The minimum absolute atomic E-state index is 0. The number of carbonyl (C=O) groups excluding carboxylic acids is 1. The van der Waals surface area contributed by atoms with Crippen LogP contribution in [-0.2, 0) is 20.9 Å². The molecule has 12 heteroatoms. The van der Waals surface area contributed by atoms with Crippen LogP contribution >= 0.6 is 0 Å². The van der Waals surface area contributed by atoms with Crippen LogP contribution in [0, 0.1) is 17.2 Å². The van der Waals surface area contributed by atoms with Crippen LogP contribution in [0.25, 0.3) is 0 Å². The van der Waals surface area contributed by atoms with Gasteiger partial charge in [0.2, 0.25) is 5.91 Å². The van der Waals surface area contributed by atoms with Gasteiger partial charge in [0.05, 0.1) is 19.2 Å². The SMILES string of the molecule is C.N#C[C@@H]1C[C@H](F)CN1C(=O)CN[C@@H]1CC[C@H](Cn2cncn2)C1.O=C(O)C(=O)O. The average Bonchev–Trinajstić information content (AvgIpc) is 3.42. The molecule has 1 saturated carbocycles. The van der Waals surface area contributed by atoms with Crippen LogP contribution in [-0.4, -0.2) is 79.1 Å². The fourth-order valence-electron chi connectivity index (χ4n) is 3.53. The van der Waals surface area contributed by atoms with Crippen molar-refractivity contribution in [3.8, 4) is 6.07 Å². The Labute approximate surface area is 173 Å². The summed E-state index contributed by atoms with van der Waals surface area (Å²) >= 11 is 0. The van der Waals surface area contributed by atoms with Gasteiger partial charge in [-0.15, -0.1) is 0 Å². The van der Waals surface area contributed by atoms with Gasteiger partial charge in [0.1, 0.15) is 24.9 Å². The first-order chi connectivity index (χ1) is 13.8. The molecule has 1 aliphatic heterocycles. The number of carbonyl (C=O) groups is 3. The quantitative estimate of drug-likeness (QED) is 0.562. The number of halogens is 1. The molecular weight excluding hydrogens is 399 g/mol. The van der Waals surface area contributed by atoms with Crippen LogP contribution in [0.5, 0.6) is 0 Å². The lowest BCUT2D eigenvalue weighted by Crippen LogP contribution is -2.43. The third-order valence-corrected chi connectivity index (χ3v) is 4.90. The van der Waals surface area contributed by atoms with Crippen molar-refractivity contribution in [1.82, 2.24) is 25.0 Å². The smallest absolute Gasteiger partial charge is 0.414 e. The number of carboxylic acid groups (broad SMARTS) is 2. The molecule has 3 N–H and O–H groups in total. The summed E-state index contributed by atoms with van der Waals surface area (Å²) in [6, 6.07) is 1.67. The molecule has 3 rings (SSSR count). The molecule has 30 heavy (non-hydrogen) atoms. The molecule has 1 amide bonds. The normalized spacial score (nSPS) is 24.9. The van der Waals surface area contributed by atoms with Crippen molar-refractivity contribution in [3.05, 3.63) is 12.7 Å². The highest BCUT2D eigenvalue weighted by Crippen LogP contribution is 2.27. The van der Waals surface area contributed by atoms with Crippen molar-refractivity contribution in [2.75, 3.05) is 13.1 Å². The van der Waals surface area contributed by atoms with E-state index in [4.69, 9.17) is 25.1 Å². The monoisotopic (exact) mass is 426 g/mol. The van der Waals surface area contributed by atoms with E-state index in [1.54, 1.807) is 6.33 Å². The number of nitrogens with zero attached hydrogens (tertiary/aromatic N) is 5. The highest BCUT2D eigenvalue weighted by atomic mass is 19.1. The first-order valence-corrected chi connectivity index (χ1v) is 9.15. The number of alkyl halides is 1. The van der Waals surface area contributed by atoms with Crippen LogP contribution in [0.1, 0.15) is 33.1 Å². The van der Waals surface area contributed by atoms with Crippen LogP contribution < -0.4 is 5.32 Å². The van der Waals surface area contributed by atoms with Gasteiger partial charge >= 0.3 is 11.9 Å². The van der Waals surface area contributed by atoms with E-state index in [9.17, 15) is 9.18 Å². The zero-order valence-electron chi connectivity index (χ0n) is 15.6. The maximum absolute atomic E-state index is 13.4. The van der Waals surface area contributed by atoms with Gasteiger partial charge < -0.3 is 20.4 Å². The second kappa shape index (κ2) is 11.8. The lowest BCUT2D eigenvalue weighted by Gasteiger charge is -2.21. The molecule has 1 aromatic rings. The second-order valence-corrected chi connectivity index (χ2v) is 7.01. The van der Waals surface area contributed by atoms with Gasteiger partial charge in [0.15, 0.2) is 0 Å². The number of amides is 1. The summed E-state index contributed by atoms with van der Waals surface area (Å²) in [5.74, 6) is -3.31. The van der Waals surface area contributed by atoms with Crippen LogP contribution in [0.4, 0.5) is 4.39 Å². The molecule has 1 aromatic heterocycles. The Morgan fingerprint density at radius 1 is 1.23 bits per heavy atom. The summed E-state index contributed by atoms with van der Waals surface area (Å²) in [5, 5.41) is 31.2. The van der Waals surface area contributed by atoms with Crippen molar-refractivity contribution in [1.29, 1.82) is 5.26 Å². The lowest BCUT2D eigenvalue weighted by atomic mass is 10.1. The van der Waals surface area contributed by atoms with Crippen LogP contribution in [0.2, 0.25) is 0 Å². The summed E-state index contributed by atoms with van der Waals surface area (Å²) in [6.07, 6.45) is 5.38. The van der Waals surface area contributed by atoms with Crippen LogP contribution in [0.3, 0.4) is 0 Å². The Morgan fingerprint density at radius 3 is 2.50 bits per heavy atom. The van der Waals surface area contributed by atoms with Gasteiger partial charge in [-0.3, -0.25) is 9.48 Å². The van der Waals surface area contributed by atoms with Crippen molar-refractivity contribution >= 4 is 17.8 Å². The second-order valence-electron chi connectivity index (χ2n) is 7.01. The number of likely N-dealkylation sites (tertiary alicyclic amines) is 1. The number of hydrogen-bond donors (Lipinski definition) is 3. The zero-order chi connectivity index (χ0) is 21.4. The number of nitriles is 1. The number of carboxylic acids is 2. The van der Waals surface area contributed by atoms with Crippen molar-refractivity contribution in [2.24, 2.45) is 5.92 Å². The summed E-state index contributed by atoms with van der Waals surface area (Å²) < 4.78 is 15.2. The number of nitrogens with one attached hydrogen (secondary N) is 1. The van der Waals surface area contributed by atoms with Crippen molar-refractivity contribution < 1.29 is 29.0 Å². The third kappa shape index (κ3) is 7.40. The maximum atomic E-state index is 13.4. The predicted molar refractivity (Wildman–Crippen MR) is 102 cm³/mol. The van der Waals surface area contributed by atoms with E-state index >= 15 is 0 Å². The summed E-state index contributed by atoms with van der Waals surface area (Å²) in [5.41, 5.74) is 0. The molecule has 1 aliphatic carbocycles. The minimum atomic E-state index is -1.82. The van der Waals surface area contributed by atoms with Gasteiger partial charge in [-0.05, 0) is 25.2 Å². The maximum Gasteiger partial charge on any atom is 0.414 e. The van der Waals surface area contributed by atoms with E-state index in [-0.39, 0.29) is 38.9 Å². The third-order valence-electron chi connectivity index (χ3n) is 4.90. The Morgan fingerprint density at radius 2 is 1.93 bits per heavy atom. The largest absolute Gasteiger partial charge is 0.473 e. The lowest BCUT2D eigenvalue weighted by molar-refractivity contribution is -0.159. The fraction of sp³-hybridized carbons (Fsp3) is 0.667. The minimum Gasteiger partial charge on any atom is -0.473 e. The molecule has 11 nitrogen and oxygen atoms in total. The number of aliphatic carboxylic acids is 2.